The minimum atomic E-state index is -0.947. The molecule has 4 rings (SSSR count). The van der Waals surface area contributed by atoms with Crippen LogP contribution in [-0.4, -0.2) is 0 Å². The van der Waals surface area contributed by atoms with Gasteiger partial charge in [-0.1, -0.05) is 54.9 Å². The molecule has 0 fully saturated rings. The average molecular weight is 428 g/mol. The second-order valence-electron chi connectivity index (χ2n) is 7.16. The van der Waals surface area contributed by atoms with E-state index in [2.05, 4.69) is 30.6 Å². The van der Waals surface area contributed by atoms with Crippen molar-refractivity contribution in [3.05, 3.63) is 118 Å². The molecule has 0 N–H and O–H groups in total. The molecule has 0 aliphatic rings. The van der Waals surface area contributed by atoms with Crippen molar-refractivity contribution in [2.45, 2.75) is 13.3 Å². The van der Waals surface area contributed by atoms with E-state index in [9.17, 15) is 17.6 Å². The van der Waals surface area contributed by atoms with Crippen LogP contribution in [0, 0.1) is 47.0 Å². The predicted octanol–water partition coefficient (Wildman–Crippen LogP) is 6.76. The van der Waals surface area contributed by atoms with Crippen LogP contribution in [0.15, 0.2) is 66.7 Å². The van der Waals surface area contributed by atoms with Gasteiger partial charge in [0.25, 0.3) is 0 Å². The smallest absolute Gasteiger partial charge is 0.166 e. The van der Waals surface area contributed by atoms with E-state index in [1.54, 1.807) is 0 Å². The first-order valence-electron chi connectivity index (χ1n) is 9.94. The van der Waals surface area contributed by atoms with Crippen LogP contribution in [0.3, 0.4) is 0 Å². The molecule has 0 amide bonds. The third kappa shape index (κ3) is 4.51. The highest BCUT2D eigenvalue weighted by Crippen LogP contribution is 2.21. The number of fused-ring (bicyclic) bond motifs is 1. The van der Waals surface area contributed by atoms with Gasteiger partial charge in [-0.25, -0.2) is 17.6 Å². The third-order valence-corrected chi connectivity index (χ3v) is 4.99. The number of halogens is 4. The highest BCUT2D eigenvalue weighted by molar-refractivity contribution is 5.84. The van der Waals surface area contributed by atoms with Gasteiger partial charge in [0.1, 0.15) is 11.6 Å². The lowest BCUT2D eigenvalue weighted by molar-refractivity contribution is 0.517. The number of rotatable bonds is 1. The summed E-state index contributed by atoms with van der Waals surface area (Å²) in [5.74, 6) is 7.29. The van der Waals surface area contributed by atoms with Crippen molar-refractivity contribution in [3.63, 3.8) is 0 Å². The van der Waals surface area contributed by atoms with Gasteiger partial charge in [-0.15, -0.1) is 0 Å². The minimum absolute atomic E-state index is 0.111. The fourth-order valence-corrected chi connectivity index (χ4v) is 3.21. The monoisotopic (exact) mass is 428 g/mol. The van der Waals surface area contributed by atoms with Crippen molar-refractivity contribution < 1.29 is 17.6 Å². The van der Waals surface area contributed by atoms with E-state index < -0.39 is 23.3 Å². The lowest BCUT2D eigenvalue weighted by Gasteiger charge is -2.01. The average Bonchev–Trinajstić information content (AvgIpc) is 2.80. The van der Waals surface area contributed by atoms with Crippen LogP contribution in [0.2, 0.25) is 0 Å². The summed E-state index contributed by atoms with van der Waals surface area (Å²) in [7, 11) is 0. The molecule has 0 saturated heterocycles. The van der Waals surface area contributed by atoms with Gasteiger partial charge in [-0.2, -0.15) is 0 Å². The highest BCUT2D eigenvalue weighted by Gasteiger charge is 2.09. The molecule has 0 aliphatic carbocycles. The van der Waals surface area contributed by atoms with Gasteiger partial charge in [-0.05, 0) is 59.8 Å². The van der Waals surface area contributed by atoms with E-state index in [0.29, 0.717) is 10.9 Å². The Bertz CT molecular complexity index is 1420. The van der Waals surface area contributed by atoms with Gasteiger partial charge in [0.05, 0.1) is 5.56 Å². The van der Waals surface area contributed by atoms with E-state index in [4.69, 9.17) is 0 Å². The summed E-state index contributed by atoms with van der Waals surface area (Å²) in [6.07, 6.45) is 0.918. The lowest BCUT2D eigenvalue weighted by atomic mass is 10.1. The molecule has 0 atom stereocenters. The largest absolute Gasteiger partial charge is 0.205 e. The summed E-state index contributed by atoms with van der Waals surface area (Å²) in [5, 5.41) is 0.550. The summed E-state index contributed by atoms with van der Waals surface area (Å²) in [6.45, 7) is 2.05. The fraction of sp³-hybridized carbons (Fsp3) is 0.0714. The molecule has 32 heavy (non-hydrogen) atoms. The Morgan fingerprint density at radius 1 is 0.594 bits per heavy atom. The molecule has 0 heterocycles. The fourth-order valence-electron chi connectivity index (χ4n) is 3.21. The van der Waals surface area contributed by atoms with Crippen molar-refractivity contribution in [1.29, 1.82) is 0 Å². The summed E-state index contributed by atoms with van der Waals surface area (Å²) < 4.78 is 56.1. The van der Waals surface area contributed by atoms with E-state index in [-0.39, 0.29) is 16.5 Å². The second-order valence-corrected chi connectivity index (χ2v) is 7.16. The van der Waals surface area contributed by atoms with Crippen molar-refractivity contribution in [1.82, 2.24) is 0 Å². The zero-order valence-electron chi connectivity index (χ0n) is 17.1. The molecule has 0 saturated carbocycles. The van der Waals surface area contributed by atoms with E-state index in [0.717, 1.165) is 30.2 Å². The maximum atomic E-state index is 14.5. The van der Waals surface area contributed by atoms with Gasteiger partial charge >= 0.3 is 0 Å². The third-order valence-electron chi connectivity index (χ3n) is 4.99. The molecule has 0 radical (unpaired) electrons. The van der Waals surface area contributed by atoms with Gasteiger partial charge in [0, 0.05) is 22.1 Å². The van der Waals surface area contributed by atoms with Crippen molar-refractivity contribution in [3.8, 4) is 23.7 Å². The Morgan fingerprint density at radius 3 is 1.91 bits per heavy atom. The molecule has 0 bridgehead atoms. The number of hydrogen-bond donors (Lipinski definition) is 0. The van der Waals surface area contributed by atoms with Crippen LogP contribution >= 0.6 is 0 Å². The molecule has 0 aromatic heterocycles. The highest BCUT2D eigenvalue weighted by atomic mass is 19.2. The van der Waals surface area contributed by atoms with Crippen molar-refractivity contribution >= 4 is 10.8 Å². The van der Waals surface area contributed by atoms with Crippen LogP contribution in [0.1, 0.15) is 34.7 Å². The molecule has 0 spiro atoms. The Labute approximate surface area is 183 Å². The van der Waals surface area contributed by atoms with Gasteiger partial charge < -0.3 is 0 Å². The van der Waals surface area contributed by atoms with Gasteiger partial charge in [-0.3, -0.25) is 0 Å². The SMILES string of the molecule is CCc1ccc(C#Cc2cc(F)c(C#Cc3ccc4c(F)c(F)ccc4c3)c(F)c2)cc1. The minimum Gasteiger partial charge on any atom is -0.205 e. The first kappa shape index (κ1) is 21.2. The van der Waals surface area contributed by atoms with Gasteiger partial charge in [0.2, 0.25) is 0 Å². The Morgan fingerprint density at radius 2 is 1.22 bits per heavy atom. The van der Waals surface area contributed by atoms with Crippen LogP contribution < -0.4 is 0 Å². The predicted molar refractivity (Wildman–Crippen MR) is 118 cm³/mol. The number of hydrogen-bond acceptors (Lipinski definition) is 0. The Balaban J connectivity index is 1.61. The topological polar surface area (TPSA) is 0 Å². The van der Waals surface area contributed by atoms with Crippen LogP contribution in [-0.2, 0) is 6.42 Å². The molecular formula is C28H16F4. The van der Waals surface area contributed by atoms with Crippen LogP contribution in [0.4, 0.5) is 17.6 Å². The first-order chi connectivity index (χ1) is 15.4. The Hall–Kier alpha value is -4.02. The molecular weight excluding hydrogens is 412 g/mol. The summed E-state index contributed by atoms with van der Waals surface area (Å²) in [5.41, 5.74) is 2.17. The summed E-state index contributed by atoms with van der Waals surface area (Å²) in [6, 6.07) is 16.7. The zero-order valence-corrected chi connectivity index (χ0v) is 17.1. The quantitative estimate of drug-likeness (QED) is 0.232. The Kier molecular flexibility index (Phi) is 5.97. The molecule has 4 heteroatoms. The van der Waals surface area contributed by atoms with Crippen LogP contribution in [0.5, 0.6) is 0 Å². The molecule has 0 aliphatic heterocycles. The zero-order chi connectivity index (χ0) is 22.7. The normalized spacial score (nSPS) is 10.3. The summed E-state index contributed by atoms with van der Waals surface area (Å²) >= 11 is 0. The number of benzene rings is 4. The molecule has 0 unspecified atom stereocenters. The van der Waals surface area contributed by atoms with E-state index >= 15 is 0 Å². The maximum Gasteiger partial charge on any atom is 0.166 e. The standard InChI is InChI=1S/C28H16F4/c1-2-18-3-5-19(6-4-18)7-8-21-16-26(30)24(27(31)17-21)13-10-20-9-12-23-22(15-20)11-14-25(29)28(23)32/h3-6,9,11-12,14-17H,2H2,1H3. The summed E-state index contributed by atoms with van der Waals surface area (Å²) in [4.78, 5) is 0. The molecule has 4 aromatic rings. The van der Waals surface area contributed by atoms with E-state index in [1.807, 2.05) is 24.3 Å². The van der Waals surface area contributed by atoms with E-state index in [1.165, 1.54) is 29.8 Å². The molecule has 156 valence electrons. The van der Waals surface area contributed by atoms with Crippen LogP contribution in [0.25, 0.3) is 10.8 Å². The molecule has 4 aromatic carbocycles. The first-order valence-corrected chi connectivity index (χ1v) is 9.94. The van der Waals surface area contributed by atoms with Gasteiger partial charge in [0.15, 0.2) is 11.6 Å². The second kappa shape index (κ2) is 9.00. The molecule has 0 nitrogen and oxygen atoms in total. The lowest BCUT2D eigenvalue weighted by Crippen LogP contribution is -1.93. The van der Waals surface area contributed by atoms with Crippen molar-refractivity contribution in [2.75, 3.05) is 0 Å². The van der Waals surface area contributed by atoms with Crippen molar-refractivity contribution in [2.24, 2.45) is 0 Å². The maximum absolute atomic E-state index is 14.5. The number of aryl methyl sites for hydroxylation is 1.